The Bertz CT molecular complexity index is 2280. The van der Waals surface area contributed by atoms with Crippen molar-refractivity contribution in [2.75, 3.05) is 15.8 Å². The number of aromatic nitrogens is 5. The lowest BCUT2D eigenvalue weighted by atomic mass is 10.1. The van der Waals surface area contributed by atoms with Crippen molar-refractivity contribution in [2.24, 2.45) is 0 Å². The molecule has 0 amide bonds. The maximum Gasteiger partial charge on any atom is 0.269 e. The van der Waals surface area contributed by atoms with Crippen LogP contribution in [0, 0.1) is 18.6 Å². The number of pyridine rings is 1. The van der Waals surface area contributed by atoms with Crippen molar-refractivity contribution >= 4 is 38.4 Å². The van der Waals surface area contributed by atoms with E-state index < -0.39 is 33.3 Å². The molecule has 1 unspecified atom stereocenters. The summed E-state index contributed by atoms with van der Waals surface area (Å²) >= 11 is 0. The van der Waals surface area contributed by atoms with Crippen LogP contribution in [-0.2, 0) is 10.0 Å². The van der Waals surface area contributed by atoms with Crippen LogP contribution >= 0.6 is 0 Å². The van der Waals surface area contributed by atoms with Gasteiger partial charge in [0.15, 0.2) is 0 Å². The molecule has 3 aromatic carbocycles. The molecule has 0 aliphatic rings. The third-order valence-electron chi connectivity index (χ3n) is 7.43. The molecule has 0 saturated heterocycles. The van der Waals surface area contributed by atoms with E-state index in [4.69, 9.17) is 10.7 Å². The second-order valence-electron chi connectivity index (χ2n) is 10.6. The molecule has 3 aromatic heterocycles. The van der Waals surface area contributed by atoms with E-state index in [1.54, 1.807) is 43.3 Å². The van der Waals surface area contributed by atoms with Gasteiger partial charge in [-0.1, -0.05) is 31.2 Å². The molecule has 0 spiro atoms. The zero-order valence-electron chi connectivity index (χ0n) is 25.1. The minimum Gasteiger partial charge on any atom is -0.368 e. The first kappa shape index (κ1) is 31.2. The summed E-state index contributed by atoms with van der Waals surface area (Å²) in [7, 11) is -4.13. The van der Waals surface area contributed by atoms with Gasteiger partial charge in [0.2, 0.25) is 5.95 Å². The molecule has 47 heavy (non-hydrogen) atoms. The number of sulfonamides is 1. The summed E-state index contributed by atoms with van der Waals surface area (Å²) in [4.78, 5) is 31.3. The zero-order valence-corrected chi connectivity index (χ0v) is 26.0. The summed E-state index contributed by atoms with van der Waals surface area (Å²) in [5.74, 6) is -0.714. The molecule has 0 saturated carbocycles. The number of nitrogens with one attached hydrogen (secondary N) is 2. The van der Waals surface area contributed by atoms with Crippen LogP contribution in [0.1, 0.15) is 30.9 Å². The number of anilines is 3. The number of hydrogen-bond acceptors (Lipinski definition) is 9. The number of nitrogens with two attached hydrogens (primary N) is 1. The monoisotopic (exact) mass is 654 g/mol. The molecule has 0 bridgehead atoms. The van der Waals surface area contributed by atoms with E-state index in [9.17, 15) is 22.0 Å². The van der Waals surface area contributed by atoms with Crippen LogP contribution in [0.4, 0.5) is 26.2 Å². The predicted octanol–water partition coefficient (Wildman–Crippen LogP) is 5.77. The smallest absolute Gasteiger partial charge is 0.269 e. The highest BCUT2D eigenvalue weighted by atomic mass is 32.2. The third kappa shape index (κ3) is 6.22. The second kappa shape index (κ2) is 12.6. The van der Waals surface area contributed by atoms with Crippen molar-refractivity contribution < 1.29 is 17.2 Å². The minimum atomic E-state index is -4.13. The Morgan fingerprint density at radius 1 is 0.936 bits per heavy atom. The maximum atomic E-state index is 14.9. The van der Waals surface area contributed by atoms with Crippen molar-refractivity contribution in [1.82, 2.24) is 24.5 Å². The number of aryl methyl sites for hydroxylation is 1. The average Bonchev–Trinajstić information content (AvgIpc) is 3.04. The molecule has 0 aliphatic heterocycles. The molecule has 6 rings (SSSR count). The first-order valence-corrected chi connectivity index (χ1v) is 15.9. The Labute approximate surface area is 268 Å². The molecule has 6 aromatic rings. The highest BCUT2D eigenvalue weighted by Crippen LogP contribution is 2.34. The van der Waals surface area contributed by atoms with E-state index in [1.807, 2.05) is 6.92 Å². The summed E-state index contributed by atoms with van der Waals surface area (Å²) in [6.45, 7) is 3.57. The largest absolute Gasteiger partial charge is 0.368 e. The number of halogens is 2. The highest BCUT2D eigenvalue weighted by Gasteiger charge is 2.25. The van der Waals surface area contributed by atoms with Crippen LogP contribution in [0.25, 0.3) is 27.7 Å². The number of nitrogen functional groups attached to an aromatic ring is 1. The van der Waals surface area contributed by atoms with Gasteiger partial charge in [-0.2, -0.15) is 4.98 Å². The van der Waals surface area contributed by atoms with Crippen LogP contribution in [0.2, 0.25) is 0 Å². The van der Waals surface area contributed by atoms with Crippen molar-refractivity contribution in [1.29, 1.82) is 0 Å². The van der Waals surface area contributed by atoms with Gasteiger partial charge in [-0.25, -0.2) is 27.2 Å². The predicted molar refractivity (Wildman–Crippen MR) is 176 cm³/mol. The number of para-hydroxylation sites is 1. The van der Waals surface area contributed by atoms with Gasteiger partial charge in [-0.15, -0.1) is 0 Å². The Morgan fingerprint density at radius 3 is 2.40 bits per heavy atom. The molecule has 1 atom stereocenters. The third-order valence-corrected chi connectivity index (χ3v) is 8.78. The van der Waals surface area contributed by atoms with E-state index >= 15 is 0 Å². The van der Waals surface area contributed by atoms with Gasteiger partial charge in [-0.3, -0.25) is 19.1 Å². The van der Waals surface area contributed by atoms with Crippen molar-refractivity contribution in [2.45, 2.75) is 31.2 Å². The summed E-state index contributed by atoms with van der Waals surface area (Å²) in [6.07, 6.45) is 3.04. The molecule has 4 N–H and O–H groups in total. The molecule has 0 fully saturated rings. The fraction of sp³-hybridized carbons (Fsp3) is 0.121. The molecule has 0 aliphatic carbocycles. The Hall–Kier alpha value is -5.76. The Kier molecular flexibility index (Phi) is 8.35. The van der Waals surface area contributed by atoms with Crippen molar-refractivity contribution in [3.8, 4) is 16.8 Å². The first-order valence-electron chi connectivity index (χ1n) is 14.5. The standard InChI is InChI=1S/C33H28F2N8O3S/c1-3-26(31-40-27-11-7-10-25(35)29(27)32(44)43(31)23-8-5-4-6-9-23)39-30-28(19(2)38-33(36)41-30)20-16-24(18-37-17-20)47(45,46)42-22-14-12-21(34)13-15-22/h4-18,26,42H,3H2,1-2H3,(H3,36,38,39,41). The summed E-state index contributed by atoms with van der Waals surface area (Å²) in [5, 5.41) is 3.20. The average molecular weight is 655 g/mol. The van der Waals surface area contributed by atoms with Crippen molar-refractivity contribution in [3.05, 3.63) is 125 Å². The molecular weight excluding hydrogens is 626 g/mol. The lowest BCUT2D eigenvalue weighted by Gasteiger charge is -2.24. The SMILES string of the molecule is CCC(Nc1nc(N)nc(C)c1-c1cncc(S(=O)(=O)Nc2ccc(F)cc2)c1)c1nc2cccc(F)c2c(=O)n1-c1ccccc1. The quantitative estimate of drug-likeness (QED) is 0.176. The number of nitrogens with zero attached hydrogens (tertiary/aromatic N) is 5. The van der Waals surface area contributed by atoms with Crippen LogP contribution in [0.3, 0.4) is 0 Å². The topological polar surface area (TPSA) is 158 Å². The van der Waals surface area contributed by atoms with E-state index in [-0.39, 0.29) is 33.3 Å². The van der Waals surface area contributed by atoms with Gasteiger partial charge < -0.3 is 11.1 Å². The number of fused-ring (bicyclic) bond motifs is 1. The lowest BCUT2D eigenvalue weighted by Crippen LogP contribution is -2.29. The fourth-order valence-corrected chi connectivity index (χ4v) is 6.31. The molecular formula is C33H28F2N8O3S. The lowest BCUT2D eigenvalue weighted by molar-refractivity contribution is 0.600. The minimum absolute atomic E-state index is 0.0488. The van der Waals surface area contributed by atoms with Gasteiger partial charge in [0, 0.05) is 29.2 Å². The van der Waals surface area contributed by atoms with Gasteiger partial charge >= 0.3 is 0 Å². The first-order chi connectivity index (χ1) is 22.6. The fourth-order valence-electron chi connectivity index (χ4n) is 5.26. The number of rotatable bonds is 9. The Balaban J connectivity index is 1.46. The van der Waals surface area contributed by atoms with Crippen molar-refractivity contribution in [3.63, 3.8) is 0 Å². The maximum absolute atomic E-state index is 14.9. The van der Waals surface area contributed by atoms with Crippen LogP contribution in [0.5, 0.6) is 0 Å². The zero-order chi connectivity index (χ0) is 33.3. The van der Waals surface area contributed by atoms with Gasteiger partial charge in [0.1, 0.15) is 33.6 Å². The number of benzene rings is 3. The molecule has 238 valence electrons. The van der Waals surface area contributed by atoms with Gasteiger partial charge in [0.05, 0.1) is 22.9 Å². The van der Waals surface area contributed by atoms with Crippen LogP contribution in [0.15, 0.2) is 101 Å². The molecule has 11 nitrogen and oxygen atoms in total. The van der Waals surface area contributed by atoms with Gasteiger partial charge in [-0.05, 0) is 67.9 Å². The van der Waals surface area contributed by atoms with E-state index in [0.29, 0.717) is 34.8 Å². The summed E-state index contributed by atoms with van der Waals surface area (Å²) in [5.41, 5.74) is 7.52. The number of hydrogen-bond donors (Lipinski definition) is 3. The van der Waals surface area contributed by atoms with Crippen LogP contribution < -0.4 is 21.3 Å². The molecule has 3 heterocycles. The Morgan fingerprint density at radius 2 is 1.68 bits per heavy atom. The highest BCUT2D eigenvalue weighted by molar-refractivity contribution is 7.92. The van der Waals surface area contributed by atoms with Crippen LogP contribution in [-0.4, -0.2) is 32.9 Å². The normalized spacial score (nSPS) is 12.2. The molecule has 0 radical (unpaired) electrons. The summed E-state index contributed by atoms with van der Waals surface area (Å²) in [6, 6.07) is 18.7. The van der Waals surface area contributed by atoms with E-state index in [2.05, 4.69) is 25.0 Å². The summed E-state index contributed by atoms with van der Waals surface area (Å²) < 4.78 is 58.6. The van der Waals surface area contributed by atoms with E-state index in [1.165, 1.54) is 47.3 Å². The van der Waals surface area contributed by atoms with Gasteiger partial charge in [0.25, 0.3) is 15.6 Å². The second-order valence-corrected chi connectivity index (χ2v) is 12.3. The van der Waals surface area contributed by atoms with E-state index in [0.717, 1.165) is 12.1 Å². The molecule has 14 heteroatoms.